The number of anilines is 2. The van der Waals surface area contributed by atoms with Crippen molar-refractivity contribution in [3.05, 3.63) is 42.5 Å². The Morgan fingerprint density at radius 2 is 1.89 bits per heavy atom. The molecule has 3 heterocycles. The Kier molecular flexibility index (Phi) is 9.05. The number of aliphatic hydroxyl groups excluding tert-OH is 2. The molecule has 0 aliphatic carbocycles. The van der Waals surface area contributed by atoms with Gasteiger partial charge in [-0.3, -0.25) is 4.57 Å². The monoisotopic (exact) mass is 527 g/mol. The third-order valence-corrected chi connectivity index (χ3v) is 6.31. The molecule has 0 unspecified atom stereocenters. The number of carbonyl (C=O) groups is 2. The molecule has 1 aliphatic rings. The number of benzene rings is 1. The molecule has 3 aromatic rings. The largest absolute Gasteiger partial charge is 0.462 e. The van der Waals surface area contributed by atoms with Gasteiger partial charge in [-0.05, 0) is 49.9 Å². The average Bonchev–Trinajstić information content (AvgIpc) is 3.46. The second-order valence-electron chi connectivity index (χ2n) is 9.07. The first kappa shape index (κ1) is 27.2. The summed E-state index contributed by atoms with van der Waals surface area (Å²) in [6.07, 6.45) is 2.59. The van der Waals surface area contributed by atoms with Crippen LogP contribution in [0.3, 0.4) is 0 Å². The van der Waals surface area contributed by atoms with E-state index < -0.39 is 24.5 Å². The highest BCUT2D eigenvalue weighted by Crippen LogP contribution is 2.33. The minimum absolute atomic E-state index is 0.217. The summed E-state index contributed by atoms with van der Waals surface area (Å²) in [7, 11) is 0. The van der Waals surface area contributed by atoms with Gasteiger partial charge in [0.2, 0.25) is 0 Å². The van der Waals surface area contributed by atoms with E-state index in [1.165, 1.54) is 17.2 Å². The Labute approximate surface area is 219 Å². The molecule has 1 saturated heterocycles. The number of aliphatic hydroxyl groups is 2. The molecule has 2 amide bonds. The summed E-state index contributed by atoms with van der Waals surface area (Å²) in [6, 6.07) is 6.12. The maximum atomic E-state index is 12.2. The van der Waals surface area contributed by atoms with Crippen LogP contribution in [-0.2, 0) is 9.47 Å². The van der Waals surface area contributed by atoms with Gasteiger partial charge >= 0.3 is 12.0 Å². The van der Waals surface area contributed by atoms with E-state index in [0.717, 1.165) is 12.8 Å². The number of urea groups is 1. The first-order valence-electron chi connectivity index (χ1n) is 12.7. The summed E-state index contributed by atoms with van der Waals surface area (Å²) in [4.78, 5) is 36.4. The summed E-state index contributed by atoms with van der Waals surface area (Å²) >= 11 is 0. The molecule has 38 heavy (non-hydrogen) atoms. The van der Waals surface area contributed by atoms with Crippen molar-refractivity contribution in [2.45, 2.75) is 63.6 Å². The number of aromatic nitrogens is 4. The van der Waals surface area contributed by atoms with E-state index in [9.17, 15) is 19.8 Å². The summed E-state index contributed by atoms with van der Waals surface area (Å²) in [6.45, 7) is 2.81. The van der Waals surface area contributed by atoms with Gasteiger partial charge in [-0.25, -0.2) is 24.5 Å². The number of nitrogens with two attached hydrogens (primary N) is 1. The normalized spacial score (nSPS) is 20.9. The van der Waals surface area contributed by atoms with Gasteiger partial charge in [-0.2, -0.15) is 0 Å². The SMILES string of the molecule is CCCCOC(=O)c1ccc(NC(=O)NCCCC[C@H]2O[C@@H](n3cnc4c(N)ncnc43)[C@H](O)[C@@H]2O)cc1. The van der Waals surface area contributed by atoms with E-state index >= 15 is 0 Å². The van der Waals surface area contributed by atoms with Crippen LogP contribution in [0.15, 0.2) is 36.9 Å². The first-order chi connectivity index (χ1) is 18.4. The number of imidazole rings is 1. The third-order valence-electron chi connectivity index (χ3n) is 6.31. The predicted octanol–water partition coefficient (Wildman–Crippen LogP) is 1.98. The highest BCUT2D eigenvalue weighted by molar-refractivity contribution is 5.92. The van der Waals surface area contributed by atoms with Crippen LogP contribution in [-0.4, -0.2) is 73.2 Å². The molecular weight excluding hydrogens is 494 g/mol. The number of amides is 2. The van der Waals surface area contributed by atoms with Crippen LogP contribution in [0.2, 0.25) is 0 Å². The standard InChI is InChI=1S/C25H33N7O6/c1-2-3-12-37-24(35)15-7-9-16(10-8-15)31-25(36)27-11-5-4-6-17-19(33)20(34)23(38-17)32-14-30-18-21(26)28-13-29-22(18)32/h7-10,13-14,17,19-20,23,33-34H,2-6,11-12H2,1H3,(H2,26,28,29)(H2,27,31,36)/t17-,19-,20-,23-/m1/s1. The highest BCUT2D eigenvalue weighted by atomic mass is 16.6. The third kappa shape index (κ3) is 6.36. The molecule has 1 aromatic carbocycles. The Hall–Kier alpha value is -3.81. The van der Waals surface area contributed by atoms with Crippen molar-refractivity contribution in [3.63, 3.8) is 0 Å². The van der Waals surface area contributed by atoms with Crippen LogP contribution >= 0.6 is 0 Å². The first-order valence-corrected chi connectivity index (χ1v) is 12.7. The van der Waals surface area contributed by atoms with Gasteiger partial charge < -0.3 is 36.1 Å². The lowest BCUT2D eigenvalue weighted by molar-refractivity contribution is -0.0374. The maximum Gasteiger partial charge on any atom is 0.338 e. The molecule has 0 spiro atoms. The van der Waals surface area contributed by atoms with Crippen LogP contribution in [0.1, 0.15) is 55.6 Å². The predicted molar refractivity (Wildman–Crippen MR) is 138 cm³/mol. The van der Waals surface area contributed by atoms with E-state index in [1.54, 1.807) is 24.3 Å². The second-order valence-corrected chi connectivity index (χ2v) is 9.07. The van der Waals surface area contributed by atoms with E-state index in [1.807, 2.05) is 6.92 Å². The van der Waals surface area contributed by atoms with Gasteiger partial charge in [0.05, 0.1) is 24.6 Å². The van der Waals surface area contributed by atoms with Crippen molar-refractivity contribution < 1.29 is 29.3 Å². The number of rotatable bonds is 11. The van der Waals surface area contributed by atoms with Gasteiger partial charge in [-0.15, -0.1) is 0 Å². The molecule has 204 valence electrons. The van der Waals surface area contributed by atoms with Crippen LogP contribution in [0.25, 0.3) is 11.2 Å². The molecule has 0 saturated carbocycles. The van der Waals surface area contributed by atoms with Gasteiger partial charge in [0.25, 0.3) is 0 Å². The molecule has 1 fully saturated rings. The number of nitrogen functional groups attached to an aromatic ring is 1. The van der Waals surface area contributed by atoms with E-state index in [4.69, 9.17) is 15.2 Å². The van der Waals surface area contributed by atoms with Crippen LogP contribution in [0.5, 0.6) is 0 Å². The van der Waals surface area contributed by atoms with Crippen LogP contribution in [0, 0.1) is 0 Å². The molecule has 13 heteroatoms. The molecule has 6 N–H and O–H groups in total. The van der Waals surface area contributed by atoms with Crippen molar-refractivity contribution in [3.8, 4) is 0 Å². The topological polar surface area (TPSA) is 187 Å². The average molecular weight is 528 g/mol. The van der Waals surface area contributed by atoms with E-state index in [-0.39, 0.29) is 17.8 Å². The Morgan fingerprint density at radius 1 is 1.11 bits per heavy atom. The van der Waals surface area contributed by atoms with Crippen LogP contribution in [0.4, 0.5) is 16.3 Å². The fourth-order valence-corrected chi connectivity index (χ4v) is 4.18. The van der Waals surface area contributed by atoms with E-state index in [2.05, 4.69) is 25.6 Å². The Morgan fingerprint density at radius 3 is 2.66 bits per heavy atom. The summed E-state index contributed by atoms with van der Waals surface area (Å²) in [5.74, 6) is -0.170. The number of nitrogens with zero attached hydrogens (tertiary/aromatic N) is 4. The minimum atomic E-state index is -1.16. The number of hydrogen-bond acceptors (Lipinski definition) is 10. The highest BCUT2D eigenvalue weighted by Gasteiger charge is 2.43. The van der Waals surface area contributed by atoms with Crippen molar-refractivity contribution in [2.75, 3.05) is 24.2 Å². The zero-order chi connectivity index (χ0) is 27.1. The van der Waals surface area contributed by atoms with Gasteiger partial charge in [-0.1, -0.05) is 13.3 Å². The summed E-state index contributed by atoms with van der Waals surface area (Å²) in [5, 5.41) is 26.5. The maximum absolute atomic E-state index is 12.2. The minimum Gasteiger partial charge on any atom is -0.462 e. The molecule has 0 bridgehead atoms. The van der Waals surface area contributed by atoms with Crippen LogP contribution < -0.4 is 16.4 Å². The molecule has 4 rings (SSSR count). The van der Waals surface area contributed by atoms with Crippen molar-refractivity contribution in [1.29, 1.82) is 0 Å². The lowest BCUT2D eigenvalue weighted by atomic mass is 10.0. The zero-order valence-electron chi connectivity index (χ0n) is 21.1. The summed E-state index contributed by atoms with van der Waals surface area (Å²) in [5.41, 5.74) is 7.60. The fraction of sp³-hybridized carbons (Fsp3) is 0.480. The number of esters is 1. The molecule has 2 aromatic heterocycles. The molecular formula is C25H33N7O6. The Bertz CT molecular complexity index is 1230. The zero-order valence-corrected chi connectivity index (χ0v) is 21.1. The fourth-order valence-electron chi connectivity index (χ4n) is 4.18. The van der Waals surface area contributed by atoms with E-state index in [0.29, 0.717) is 54.8 Å². The quantitative estimate of drug-likeness (QED) is 0.182. The number of fused-ring (bicyclic) bond motifs is 1. The molecule has 1 aliphatic heterocycles. The van der Waals surface area contributed by atoms with Crippen molar-refractivity contribution >= 4 is 34.7 Å². The smallest absolute Gasteiger partial charge is 0.338 e. The number of nitrogens with one attached hydrogen (secondary N) is 2. The molecule has 0 radical (unpaired) electrons. The summed E-state index contributed by atoms with van der Waals surface area (Å²) < 4.78 is 12.6. The second kappa shape index (κ2) is 12.6. The van der Waals surface area contributed by atoms with Gasteiger partial charge in [0, 0.05) is 12.2 Å². The Balaban J connectivity index is 1.17. The lowest BCUT2D eigenvalue weighted by Crippen LogP contribution is -2.32. The molecule has 13 nitrogen and oxygen atoms in total. The number of hydrogen-bond donors (Lipinski definition) is 5. The van der Waals surface area contributed by atoms with Gasteiger partial charge in [0.15, 0.2) is 17.7 Å². The lowest BCUT2D eigenvalue weighted by Gasteiger charge is -2.16. The van der Waals surface area contributed by atoms with Crippen molar-refractivity contribution in [2.24, 2.45) is 0 Å². The molecule has 4 atom stereocenters. The number of ether oxygens (including phenoxy) is 2. The number of carbonyl (C=O) groups excluding carboxylic acids is 2. The number of unbranched alkanes of at least 4 members (excludes halogenated alkanes) is 2. The van der Waals surface area contributed by atoms with Crippen molar-refractivity contribution in [1.82, 2.24) is 24.8 Å². The van der Waals surface area contributed by atoms with Gasteiger partial charge in [0.1, 0.15) is 24.1 Å².